The molecule has 2 rings (SSSR count). The maximum absolute atomic E-state index is 12.0. The number of nitrogens with zero attached hydrogens (tertiary/aromatic N) is 3. The van der Waals surface area contributed by atoms with Gasteiger partial charge in [-0.3, -0.25) is 4.68 Å². The molecule has 2 heterocycles. The van der Waals surface area contributed by atoms with Crippen LogP contribution >= 0.6 is 0 Å². The molecule has 1 aliphatic heterocycles. The van der Waals surface area contributed by atoms with Crippen molar-refractivity contribution in [2.45, 2.75) is 51.8 Å². The Morgan fingerprint density at radius 3 is 2.62 bits per heavy atom. The Hall–Kier alpha value is -1.56. The molecule has 0 bridgehead atoms. The van der Waals surface area contributed by atoms with E-state index in [0.717, 1.165) is 32.5 Å². The van der Waals surface area contributed by atoms with Crippen LogP contribution in [0, 0.1) is 0 Å². The van der Waals surface area contributed by atoms with Crippen molar-refractivity contribution in [1.82, 2.24) is 20.0 Å². The molecule has 6 nitrogen and oxygen atoms in total. The second-order valence-electron chi connectivity index (χ2n) is 6.64. The van der Waals surface area contributed by atoms with Gasteiger partial charge in [0.1, 0.15) is 5.60 Å². The lowest BCUT2D eigenvalue weighted by Crippen LogP contribution is -2.46. The lowest BCUT2D eigenvalue weighted by molar-refractivity contribution is 0.0198. The first-order valence-corrected chi connectivity index (χ1v) is 7.52. The number of carbonyl (C=O) groups excluding carboxylic acids is 1. The van der Waals surface area contributed by atoms with Crippen LogP contribution in [-0.2, 0) is 18.3 Å². The Bertz CT molecular complexity index is 470. The fraction of sp³-hybridized carbons (Fsp3) is 0.733. The number of hydrogen-bond donors (Lipinski definition) is 1. The van der Waals surface area contributed by atoms with Crippen LogP contribution < -0.4 is 5.32 Å². The normalized spacial score (nSPS) is 17.0. The summed E-state index contributed by atoms with van der Waals surface area (Å²) in [5, 5.41) is 7.68. The largest absolute Gasteiger partial charge is 0.444 e. The lowest BCUT2D eigenvalue weighted by Gasteiger charge is -2.33. The van der Waals surface area contributed by atoms with Crippen LogP contribution in [-0.4, -0.2) is 45.5 Å². The summed E-state index contributed by atoms with van der Waals surface area (Å²) < 4.78 is 7.21. The van der Waals surface area contributed by atoms with E-state index >= 15 is 0 Å². The first kappa shape index (κ1) is 15.8. The maximum Gasteiger partial charge on any atom is 0.410 e. The Morgan fingerprint density at radius 2 is 2.10 bits per heavy atom. The quantitative estimate of drug-likeness (QED) is 0.925. The lowest BCUT2D eigenvalue weighted by atomic mass is 10.1. The van der Waals surface area contributed by atoms with Gasteiger partial charge in [-0.05, 0) is 33.6 Å². The average Bonchev–Trinajstić information content (AvgIpc) is 2.81. The van der Waals surface area contributed by atoms with E-state index in [2.05, 4.69) is 10.4 Å². The van der Waals surface area contributed by atoms with Crippen LogP contribution in [0.15, 0.2) is 12.4 Å². The molecule has 1 saturated heterocycles. The fourth-order valence-electron chi connectivity index (χ4n) is 2.42. The first-order chi connectivity index (χ1) is 9.83. The van der Waals surface area contributed by atoms with Crippen LogP contribution in [0.3, 0.4) is 0 Å². The zero-order valence-electron chi connectivity index (χ0n) is 13.4. The minimum absolute atomic E-state index is 0.201. The first-order valence-electron chi connectivity index (χ1n) is 7.52. The van der Waals surface area contributed by atoms with Gasteiger partial charge >= 0.3 is 6.09 Å². The topological polar surface area (TPSA) is 59.4 Å². The summed E-state index contributed by atoms with van der Waals surface area (Å²) in [6, 6.07) is 0.448. The molecular formula is C15H26N4O2. The molecule has 0 spiro atoms. The van der Waals surface area contributed by atoms with Gasteiger partial charge in [0.25, 0.3) is 0 Å². The third-order valence-corrected chi connectivity index (χ3v) is 3.50. The van der Waals surface area contributed by atoms with Crippen LogP contribution in [0.4, 0.5) is 4.79 Å². The molecule has 1 aliphatic rings. The molecule has 0 radical (unpaired) electrons. The van der Waals surface area contributed by atoms with E-state index in [1.807, 2.05) is 44.9 Å². The standard InChI is InChI=1S/C15H26N4O2/c1-15(2,3)21-14(20)19-7-5-13(6-8-19)16-9-12-10-17-18(4)11-12/h10-11,13,16H,5-9H2,1-4H3. The molecule has 1 fully saturated rings. The molecule has 0 saturated carbocycles. The third-order valence-electron chi connectivity index (χ3n) is 3.50. The molecule has 6 heteroatoms. The number of nitrogens with one attached hydrogen (secondary N) is 1. The van der Waals surface area contributed by atoms with E-state index in [1.165, 1.54) is 5.56 Å². The van der Waals surface area contributed by atoms with Crippen LogP contribution in [0.1, 0.15) is 39.2 Å². The zero-order valence-corrected chi connectivity index (χ0v) is 13.4. The summed E-state index contributed by atoms with van der Waals surface area (Å²) >= 11 is 0. The molecule has 0 aliphatic carbocycles. The highest BCUT2D eigenvalue weighted by Gasteiger charge is 2.26. The second kappa shape index (κ2) is 6.47. The smallest absolute Gasteiger partial charge is 0.410 e. The summed E-state index contributed by atoms with van der Waals surface area (Å²) in [5.74, 6) is 0. The Kier molecular flexibility index (Phi) is 4.88. The van der Waals surface area contributed by atoms with Crippen molar-refractivity contribution in [3.63, 3.8) is 0 Å². The number of aromatic nitrogens is 2. The van der Waals surface area contributed by atoms with Crippen molar-refractivity contribution >= 4 is 6.09 Å². The van der Waals surface area contributed by atoms with E-state index in [1.54, 1.807) is 4.90 Å². The van der Waals surface area contributed by atoms with Gasteiger partial charge in [0.15, 0.2) is 0 Å². The number of ether oxygens (including phenoxy) is 1. The number of rotatable bonds is 3. The highest BCUT2D eigenvalue weighted by atomic mass is 16.6. The molecule has 1 aromatic rings. The average molecular weight is 294 g/mol. The fourth-order valence-corrected chi connectivity index (χ4v) is 2.42. The minimum Gasteiger partial charge on any atom is -0.444 e. The van der Waals surface area contributed by atoms with E-state index in [-0.39, 0.29) is 6.09 Å². The number of piperidine rings is 1. The second-order valence-corrected chi connectivity index (χ2v) is 6.64. The summed E-state index contributed by atoms with van der Waals surface area (Å²) in [6.45, 7) is 8.01. The maximum atomic E-state index is 12.0. The SMILES string of the molecule is Cn1cc(CNC2CCN(C(=O)OC(C)(C)C)CC2)cn1. The predicted molar refractivity (Wildman–Crippen MR) is 80.9 cm³/mol. The van der Waals surface area contributed by atoms with Crippen LogP contribution in [0.5, 0.6) is 0 Å². The monoisotopic (exact) mass is 294 g/mol. The third kappa shape index (κ3) is 5.04. The van der Waals surface area contributed by atoms with E-state index in [0.29, 0.717) is 6.04 Å². The number of amides is 1. The van der Waals surface area contributed by atoms with E-state index in [4.69, 9.17) is 4.74 Å². The molecule has 0 unspecified atom stereocenters. The van der Waals surface area contributed by atoms with Gasteiger partial charge in [-0.2, -0.15) is 5.10 Å². The van der Waals surface area contributed by atoms with Gasteiger partial charge in [0.2, 0.25) is 0 Å². The number of hydrogen-bond acceptors (Lipinski definition) is 4. The van der Waals surface area contributed by atoms with Crippen molar-refractivity contribution < 1.29 is 9.53 Å². The van der Waals surface area contributed by atoms with Crippen molar-refractivity contribution in [3.05, 3.63) is 18.0 Å². The van der Waals surface area contributed by atoms with Crippen LogP contribution in [0.25, 0.3) is 0 Å². The Labute approximate surface area is 126 Å². The molecule has 1 aromatic heterocycles. The molecule has 1 amide bonds. The van der Waals surface area contributed by atoms with Gasteiger partial charge in [0, 0.05) is 44.5 Å². The summed E-state index contributed by atoms with van der Waals surface area (Å²) in [5.41, 5.74) is 0.763. The van der Waals surface area contributed by atoms with Crippen LogP contribution in [0.2, 0.25) is 0 Å². The number of likely N-dealkylation sites (tertiary alicyclic amines) is 1. The summed E-state index contributed by atoms with van der Waals surface area (Å²) in [6.07, 6.45) is 5.61. The van der Waals surface area contributed by atoms with Gasteiger partial charge in [-0.15, -0.1) is 0 Å². The van der Waals surface area contributed by atoms with Gasteiger partial charge in [-0.1, -0.05) is 0 Å². The molecular weight excluding hydrogens is 268 g/mol. The zero-order chi connectivity index (χ0) is 15.5. The highest BCUT2D eigenvalue weighted by molar-refractivity contribution is 5.68. The predicted octanol–water partition coefficient (Wildman–Crippen LogP) is 1.91. The molecule has 0 aromatic carbocycles. The highest BCUT2D eigenvalue weighted by Crippen LogP contribution is 2.15. The van der Waals surface area contributed by atoms with Gasteiger partial charge in [-0.25, -0.2) is 4.79 Å². The molecule has 1 N–H and O–H groups in total. The van der Waals surface area contributed by atoms with E-state index in [9.17, 15) is 4.79 Å². The Morgan fingerprint density at radius 1 is 1.43 bits per heavy atom. The van der Waals surface area contributed by atoms with Crippen molar-refractivity contribution in [1.29, 1.82) is 0 Å². The van der Waals surface area contributed by atoms with Gasteiger partial charge < -0.3 is 15.0 Å². The molecule has 21 heavy (non-hydrogen) atoms. The Balaban J connectivity index is 1.72. The summed E-state index contributed by atoms with van der Waals surface area (Å²) in [4.78, 5) is 13.8. The van der Waals surface area contributed by atoms with Crippen molar-refractivity contribution in [2.24, 2.45) is 7.05 Å². The molecule has 118 valence electrons. The van der Waals surface area contributed by atoms with E-state index < -0.39 is 5.60 Å². The van der Waals surface area contributed by atoms with Gasteiger partial charge in [0.05, 0.1) is 6.20 Å². The van der Waals surface area contributed by atoms with Crippen molar-refractivity contribution in [3.8, 4) is 0 Å². The number of carbonyl (C=O) groups is 1. The molecule has 0 atom stereocenters. The number of aryl methyl sites for hydroxylation is 1. The van der Waals surface area contributed by atoms with Crippen molar-refractivity contribution in [2.75, 3.05) is 13.1 Å². The summed E-state index contributed by atoms with van der Waals surface area (Å²) in [7, 11) is 1.92. The minimum atomic E-state index is -0.424.